The Morgan fingerprint density at radius 2 is 2.07 bits per heavy atom. The number of halogens is 1. The number of oxazole rings is 1. The fourth-order valence-corrected chi connectivity index (χ4v) is 3.72. The normalized spacial score (nSPS) is 16.4. The fraction of sp³-hybridized carbons (Fsp3) is 0.190. The first-order valence-corrected chi connectivity index (χ1v) is 9.67. The molecule has 1 aliphatic rings. The molecule has 0 radical (unpaired) electrons. The molecule has 1 saturated heterocycles. The molecule has 1 amide bonds. The van der Waals surface area contributed by atoms with E-state index in [2.05, 4.69) is 15.5 Å². The zero-order valence-corrected chi connectivity index (χ0v) is 16.1. The number of rotatable bonds is 4. The molecule has 1 fully saturated rings. The van der Waals surface area contributed by atoms with Crippen molar-refractivity contribution in [3.8, 4) is 11.3 Å². The van der Waals surface area contributed by atoms with E-state index >= 15 is 0 Å². The smallest absolute Gasteiger partial charge is 0.295 e. The molecule has 2 aromatic carbocycles. The van der Waals surface area contributed by atoms with Gasteiger partial charge in [-0.2, -0.15) is 4.98 Å². The third-order valence-corrected chi connectivity index (χ3v) is 5.23. The maximum atomic E-state index is 13.0. The topological polar surface area (TPSA) is 84.4 Å². The molecule has 1 atom stereocenters. The molecule has 29 heavy (non-hydrogen) atoms. The Balaban J connectivity index is 1.29. The Labute approximate surface area is 171 Å². The van der Waals surface area contributed by atoms with Crippen molar-refractivity contribution in [2.24, 2.45) is 0 Å². The summed E-state index contributed by atoms with van der Waals surface area (Å²) in [5.41, 5.74) is 2.66. The molecule has 0 saturated carbocycles. The highest BCUT2D eigenvalue weighted by atomic mass is 35.5. The molecule has 8 heteroatoms. The monoisotopic (exact) mass is 408 g/mol. The number of hydrogen-bond donors (Lipinski definition) is 1. The molecular weight excluding hydrogens is 392 g/mol. The van der Waals surface area contributed by atoms with Crippen LogP contribution in [0.3, 0.4) is 0 Å². The van der Waals surface area contributed by atoms with Gasteiger partial charge in [-0.05, 0) is 18.6 Å². The SMILES string of the molecule is O=C(c1cnoc1-c1ccccc1)N1CCC(Nc2nc3ccc(Cl)cc3o2)C1. The zero-order valence-electron chi connectivity index (χ0n) is 15.3. The summed E-state index contributed by atoms with van der Waals surface area (Å²) in [7, 11) is 0. The Morgan fingerprint density at radius 1 is 1.21 bits per heavy atom. The van der Waals surface area contributed by atoms with Crippen LogP contribution in [-0.2, 0) is 0 Å². The lowest BCUT2D eigenvalue weighted by Gasteiger charge is -2.16. The number of carbonyl (C=O) groups is 1. The molecule has 2 aromatic heterocycles. The van der Waals surface area contributed by atoms with Gasteiger partial charge in [0.1, 0.15) is 11.1 Å². The van der Waals surface area contributed by atoms with Gasteiger partial charge in [0.15, 0.2) is 11.3 Å². The van der Waals surface area contributed by atoms with Crippen LogP contribution in [0.25, 0.3) is 22.4 Å². The van der Waals surface area contributed by atoms with Gasteiger partial charge < -0.3 is 19.2 Å². The number of nitrogens with zero attached hydrogens (tertiary/aromatic N) is 3. The standard InChI is InChI=1S/C21H17ClN4O3/c22-14-6-7-17-18(10-14)28-21(25-17)24-15-8-9-26(12-15)20(27)16-11-23-29-19(16)13-4-2-1-3-5-13/h1-7,10-11,15H,8-9,12H2,(H,24,25). The molecule has 5 rings (SSSR count). The largest absolute Gasteiger partial charge is 0.423 e. The number of carbonyl (C=O) groups excluding carboxylic acids is 1. The maximum Gasteiger partial charge on any atom is 0.295 e. The number of hydrogen-bond acceptors (Lipinski definition) is 6. The highest BCUT2D eigenvalue weighted by molar-refractivity contribution is 6.31. The summed E-state index contributed by atoms with van der Waals surface area (Å²) in [6.07, 6.45) is 2.27. The third kappa shape index (κ3) is 3.45. The van der Waals surface area contributed by atoms with Crippen LogP contribution in [0.5, 0.6) is 0 Å². The van der Waals surface area contributed by atoms with E-state index in [1.807, 2.05) is 36.4 Å². The summed E-state index contributed by atoms with van der Waals surface area (Å²) in [5, 5.41) is 7.71. The van der Waals surface area contributed by atoms with Crippen molar-refractivity contribution >= 4 is 34.6 Å². The van der Waals surface area contributed by atoms with Crippen molar-refractivity contribution in [3.05, 3.63) is 65.3 Å². The van der Waals surface area contributed by atoms with Crippen molar-refractivity contribution in [1.29, 1.82) is 0 Å². The van der Waals surface area contributed by atoms with E-state index in [0.717, 1.165) is 17.5 Å². The Kier molecular flexibility index (Phi) is 4.44. The second-order valence-electron chi connectivity index (χ2n) is 6.95. The number of benzene rings is 2. The van der Waals surface area contributed by atoms with Crippen molar-refractivity contribution in [2.45, 2.75) is 12.5 Å². The Hall–Kier alpha value is -3.32. The number of fused-ring (bicyclic) bond motifs is 1. The summed E-state index contributed by atoms with van der Waals surface area (Å²) in [6.45, 7) is 1.17. The molecule has 3 heterocycles. The van der Waals surface area contributed by atoms with Crippen LogP contribution in [-0.4, -0.2) is 40.1 Å². The molecule has 1 aliphatic heterocycles. The molecule has 1 unspecified atom stereocenters. The second-order valence-corrected chi connectivity index (χ2v) is 7.38. The van der Waals surface area contributed by atoms with Gasteiger partial charge in [0.25, 0.3) is 11.9 Å². The van der Waals surface area contributed by atoms with Gasteiger partial charge in [-0.3, -0.25) is 4.79 Å². The number of aromatic nitrogens is 2. The molecule has 0 aliphatic carbocycles. The van der Waals surface area contributed by atoms with Crippen LogP contribution >= 0.6 is 11.6 Å². The maximum absolute atomic E-state index is 13.0. The molecule has 146 valence electrons. The number of anilines is 1. The predicted octanol–water partition coefficient (Wildman–Crippen LogP) is 4.46. The number of nitrogens with one attached hydrogen (secondary N) is 1. The average molecular weight is 409 g/mol. The van der Waals surface area contributed by atoms with Crippen LogP contribution in [0.1, 0.15) is 16.8 Å². The average Bonchev–Trinajstić information content (AvgIpc) is 3.47. The lowest BCUT2D eigenvalue weighted by molar-refractivity contribution is 0.0792. The Morgan fingerprint density at radius 3 is 2.93 bits per heavy atom. The minimum absolute atomic E-state index is 0.0440. The highest BCUT2D eigenvalue weighted by Gasteiger charge is 2.30. The highest BCUT2D eigenvalue weighted by Crippen LogP contribution is 2.27. The van der Waals surface area contributed by atoms with Gasteiger partial charge in [0, 0.05) is 35.8 Å². The van der Waals surface area contributed by atoms with E-state index in [9.17, 15) is 4.79 Å². The van der Waals surface area contributed by atoms with Gasteiger partial charge in [0.05, 0.1) is 6.20 Å². The third-order valence-electron chi connectivity index (χ3n) is 4.99. The first-order valence-electron chi connectivity index (χ1n) is 9.29. The summed E-state index contributed by atoms with van der Waals surface area (Å²) >= 11 is 5.99. The number of likely N-dealkylation sites (tertiary alicyclic amines) is 1. The van der Waals surface area contributed by atoms with Crippen molar-refractivity contribution in [3.63, 3.8) is 0 Å². The van der Waals surface area contributed by atoms with Gasteiger partial charge in [-0.1, -0.05) is 47.1 Å². The lowest BCUT2D eigenvalue weighted by Crippen LogP contribution is -2.31. The van der Waals surface area contributed by atoms with Gasteiger partial charge in [-0.25, -0.2) is 0 Å². The molecule has 4 aromatic rings. The van der Waals surface area contributed by atoms with E-state index in [1.165, 1.54) is 6.20 Å². The molecule has 1 N–H and O–H groups in total. The van der Waals surface area contributed by atoms with Crippen molar-refractivity contribution in [1.82, 2.24) is 15.0 Å². The summed E-state index contributed by atoms with van der Waals surface area (Å²) in [6, 6.07) is 15.3. The molecular formula is C21H17ClN4O3. The second kappa shape index (κ2) is 7.25. The Bertz CT molecular complexity index is 1170. The summed E-state index contributed by atoms with van der Waals surface area (Å²) in [5.74, 6) is 0.390. The van der Waals surface area contributed by atoms with Crippen LogP contribution in [0.15, 0.2) is 63.7 Å². The quantitative estimate of drug-likeness (QED) is 0.536. The van der Waals surface area contributed by atoms with E-state index in [4.69, 9.17) is 20.5 Å². The van der Waals surface area contributed by atoms with Crippen LogP contribution < -0.4 is 5.32 Å². The predicted molar refractivity (Wildman–Crippen MR) is 109 cm³/mol. The fourth-order valence-electron chi connectivity index (χ4n) is 3.56. The zero-order chi connectivity index (χ0) is 19.8. The van der Waals surface area contributed by atoms with E-state index in [0.29, 0.717) is 41.0 Å². The molecule has 0 spiro atoms. The van der Waals surface area contributed by atoms with Gasteiger partial charge in [-0.15, -0.1) is 0 Å². The first kappa shape index (κ1) is 17.8. The minimum Gasteiger partial charge on any atom is -0.423 e. The molecule has 0 bridgehead atoms. The van der Waals surface area contributed by atoms with Gasteiger partial charge in [0.2, 0.25) is 0 Å². The van der Waals surface area contributed by atoms with Crippen LogP contribution in [0.4, 0.5) is 6.01 Å². The number of amides is 1. The van der Waals surface area contributed by atoms with Crippen molar-refractivity contribution < 1.29 is 13.7 Å². The van der Waals surface area contributed by atoms with E-state index in [-0.39, 0.29) is 11.9 Å². The first-order chi connectivity index (χ1) is 14.2. The van der Waals surface area contributed by atoms with Gasteiger partial charge >= 0.3 is 0 Å². The summed E-state index contributed by atoms with van der Waals surface area (Å²) < 4.78 is 11.1. The lowest BCUT2D eigenvalue weighted by atomic mass is 10.1. The van der Waals surface area contributed by atoms with E-state index in [1.54, 1.807) is 17.0 Å². The van der Waals surface area contributed by atoms with Crippen LogP contribution in [0.2, 0.25) is 5.02 Å². The minimum atomic E-state index is -0.0984. The summed E-state index contributed by atoms with van der Waals surface area (Å²) in [4.78, 5) is 19.2. The van der Waals surface area contributed by atoms with Crippen molar-refractivity contribution in [2.75, 3.05) is 18.4 Å². The molecule has 7 nitrogen and oxygen atoms in total. The van der Waals surface area contributed by atoms with E-state index < -0.39 is 0 Å². The van der Waals surface area contributed by atoms with Crippen LogP contribution in [0, 0.1) is 0 Å².